The van der Waals surface area contributed by atoms with Crippen LogP contribution in [0, 0.1) is 0 Å². The fourth-order valence-electron chi connectivity index (χ4n) is 3.59. The quantitative estimate of drug-likeness (QED) is 0.748. The van der Waals surface area contributed by atoms with Crippen molar-refractivity contribution in [2.45, 2.75) is 24.7 Å². The molecule has 3 aromatic carbocycles. The van der Waals surface area contributed by atoms with Gasteiger partial charge in [-0.2, -0.15) is 0 Å². The number of carbonyl (C=O) groups excluding carboxylic acids is 1. The molecule has 0 spiro atoms. The molecule has 4 rings (SSSR count). The first-order valence-electron chi connectivity index (χ1n) is 8.87. The number of hydrogen-bond acceptors (Lipinski definition) is 3. The second-order valence-corrected chi connectivity index (χ2v) is 8.38. The monoisotopic (exact) mass is 380 g/mol. The molecule has 0 bridgehead atoms. The number of hydrogen-bond donors (Lipinski definition) is 1. The zero-order chi connectivity index (χ0) is 19.0. The molecular weight excluding hydrogens is 360 g/mol. The Hall–Kier alpha value is -2.86. The van der Waals surface area contributed by atoms with Crippen molar-refractivity contribution in [3.8, 4) is 0 Å². The molecule has 0 fully saturated rings. The van der Waals surface area contributed by atoms with Crippen LogP contribution < -0.4 is 9.62 Å². The molecule has 0 saturated carbocycles. The van der Waals surface area contributed by atoms with Crippen molar-refractivity contribution in [3.63, 3.8) is 0 Å². The predicted octanol–water partition coefficient (Wildman–Crippen LogP) is 3.94. The molecule has 1 amide bonds. The molecule has 0 aliphatic carbocycles. The van der Waals surface area contributed by atoms with Gasteiger partial charge in [0, 0.05) is 24.5 Å². The van der Waals surface area contributed by atoms with E-state index in [1.807, 2.05) is 36.4 Å². The number of rotatable bonds is 3. The van der Waals surface area contributed by atoms with Gasteiger partial charge in [-0.05, 0) is 48.1 Å². The number of carbonyl (C=O) groups is 1. The average Bonchev–Trinajstić information content (AvgIpc) is 2.67. The topological polar surface area (TPSA) is 66.5 Å². The Morgan fingerprint density at radius 1 is 1.04 bits per heavy atom. The summed E-state index contributed by atoms with van der Waals surface area (Å²) in [5.41, 5.74) is 2.24. The van der Waals surface area contributed by atoms with E-state index in [1.165, 1.54) is 6.92 Å². The summed E-state index contributed by atoms with van der Waals surface area (Å²) in [6.45, 7) is 2.20. The summed E-state index contributed by atoms with van der Waals surface area (Å²) in [5.74, 6) is -0.0274. The van der Waals surface area contributed by atoms with E-state index in [0.717, 1.165) is 34.9 Å². The fourth-order valence-corrected chi connectivity index (χ4v) is 4.72. The van der Waals surface area contributed by atoms with Gasteiger partial charge in [-0.15, -0.1) is 0 Å². The normalized spacial score (nSPS) is 14.0. The molecule has 1 N–H and O–H groups in total. The maximum absolute atomic E-state index is 13.0. The Balaban J connectivity index is 1.71. The minimum atomic E-state index is -3.73. The van der Waals surface area contributed by atoms with Crippen molar-refractivity contribution in [2.24, 2.45) is 0 Å². The van der Waals surface area contributed by atoms with Gasteiger partial charge in [0.05, 0.1) is 10.6 Å². The van der Waals surface area contributed by atoms with E-state index in [-0.39, 0.29) is 10.8 Å². The Labute approximate surface area is 158 Å². The SMILES string of the molecule is CC(=O)N1CCCc2cc(S(=O)(=O)Nc3cccc4ccccc34)ccc21. The molecule has 3 aromatic rings. The molecule has 0 atom stereocenters. The molecule has 1 aliphatic heterocycles. The van der Waals surface area contributed by atoms with Crippen LogP contribution in [0.3, 0.4) is 0 Å². The van der Waals surface area contributed by atoms with Crippen molar-refractivity contribution in [2.75, 3.05) is 16.2 Å². The summed E-state index contributed by atoms with van der Waals surface area (Å²) in [6.07, 6.45) is 1.59. The summed E-state index contributed by atoms with van der Waals surface area (Å²) in [6, 6.07) is 18.2. The summed E-state index contributed by atoms with van der Waals surface area (Å²) in [4.78, 5) is 13.7. The lowest BCUT2D eigenvalue weighted by Gasteiger charge is -2.28. The van der Waals surface area contributed by atoms with E-state index in [9.17, 15) is 13.2 Å². The summed E-state index contributed by atoms with van der Waals surface area (Å²) >= 11 is 0. The Bertz CT molecular complexity index is 1130. The fraction of sp³-hybridized carbons (Fsp3) is 0.190. The molecule has 1 heterocycles. The third-order valence-electron chi connectivity index (χ3n) is 4.89. The maximum Gasteiger partial charge on any atom is 0.261 e. The third kappa shape index (κ3) is 3.28. The largest absolute Gasteiger partial charge is 0.312 e. The molecule has 138 valence electrons. The molecule has 27 heavy (non-hydrogen) atoms. The molecule has 1 aliphatic rings. The van der Waals surface area contributed by atoms with E-state index >= 15 is 0 Å². The standard InChI is InChI=1S/C21H20N2O3S/c1-15(24)23-13-5-8-17-14-18(11-12-21(17)23)27(25,26)22-20-10-4-7-16-6-2-3-9-19(16)20/h2-4,6-7,9-12,14,22H,5,8,13H2,1H3. The smallest absolute Gasteiger partial charge is 0.261 e. The van der Waals surface area contributed by atoms with Crippen LogP contribution in [0.4, 0.5) is 11.4 Å². The Kier molecular flexibility index (Phi) is 4.36. The minimum absolute atomic E-state index is 0.0274. The number of nitrogens with one attached hydrogen (secondary N) is 1. The van der Waals surface area contributed by atoms with Crippen LogP contribution in [0.5, 0.6) is 0 Å². The van der Waals surface area contributed by atoms with E-state index in [2.05, 4.69) is 4.72 Å². The van der Waals surface area contributed by atoms with Gasteiger partial charge in [0.2, 0.25) is 5.91 Å². The van der Waals surface area contributed by atoms with Gasteiger partial charge in [-0.25, -0.2) is 8.42 Å². The molecule has 5 nitrogen and oxygen atoms in total. The van der Waals surface area contributed by atoms with E-state index in [4.69, 9.17) is 0 Å². The highest BCUT2D eigenvalue weighted by atomic mass is 32.2. The summed E-state index contributed by atoms with van der Waals surface area (Å²) < 4.78 is 28.6. The van der Waals surface area contributed by atoms with Crippen LogP contribution in [0.15, 0.2) is 65.6 Å². The van der Waals surface area contributed by atoms with Crippen molar-refractivity contribution in [3.05, 3.63) is 66.2 Å². The first-order valence-corrected chi connectivity index (χ1v) is 10.4. The molecule has 0 saturated heterocycles. The highest BCUT2D eigenvalue weighted by Gasteiger charge is 2.23. The van der Waals surface area contributed by atoms with E-state index in [0.29, 0.717) is 12.2 Å². The molecule has 6 heteroatoms. The lowest BCUT2D eigenvalue weighted by Crippen LogP contribution is -2.33. The van der Waals surface area contributed by atoms with Crippen molar-refractivity contribution in [1.29, 1.82) is 0 Å². The zero-order valence-corrected chi connectivity index (χ0v) is 15.8. The Morgan fingerprint density at radius 2 is 1.81 bits per heavy atom. The van der Waals surface area contributed by atoms with Gasteiger partial charge < -0.3 is 4.90 Å². The van der Waals surface area contributed by atoms with Crippen LogP contribution in [-0.2, 0) is 21.2 Å². The molecule has 0 unspecified atom stereocenters. The van der Waals surface area contributed by atoms with Crippen molar-refractivity contribution in [1.82, 2.24) is 0 Å². The van der Waals surface area contributed by atoms with Crippen LogP contribution in [0.25, 0.3) is 10.8 Å². The number of benzene rings is 3. The number of fused-ring (bicyclic) bond motifs is 2. The van der Waals surface area contributed by atoms with Gasteiger partial charge in [-0.3, -0.25) is 9.52 Å². The first kappa shape index (κ1) is 17.5. The lowest BCUT2D eigenvalue weighted by molar-refractivity contribution is -0.116. The number of aryl methyl sites for hydroxylation is 1. The van der Waals surface area contributed by atoms with Gasteiger partial charge in [0.15, 0.2) is 0 Å². The number of sulfonamides is 1. The van der Waals surface area contributed by atoms with Gasteiger partial charge in [0.1, 0.15) is 0 Å². The maximum atomic E-state index is 13.0. The minimum Gasteiger partial charge on any atom is -0.312 e. The highest BCUT2D eigenvalue weighted by molar-refractivity contribution is 7.92. The Morgan fingerprint density at radius 3 is 2.63 bits per heavy atom. The summed E-state index contributed by atoms with van der Waals surface area (Å²) in [5, 5.41) is 1.82. The third-order valence-corrected chi connectivity index (χ3v) is 6.26. The molecule has 0 aromatic heterocycles. The molecule has 0 radical (unpaired) electrons. The second kappa shape index (κ2) is 6.70. The first-order chi connectivity index (χ1) is 13.0. The highest BCUT2D eigenvalue weighted by Crippen LogP contribution is 2.31. The van der Waals surface area contributed by atoms with Gasteiger partial charge in [-0.1, -0.05) is 36.4 Å². The van der Waals surface area contributed by atoms with E-state index < -0.39 is 10.0 Å². The number of amides is 1. The van der Waals surface area contributed by atoms with Gasteiger partial charge in [0.25, 0.3) is 10.0 Å². The zero-order valence-electron chi connectivity index (χ0n) is 15.0. The predicted molar refractivity (Wildman–Crippen MR) is 108 cm³/mol. The van der Waals surface area contributed by atoms with E-state index in [1.54, 1.807) is 29.2 Å². The second-order valence-electron chi connectivity index (χ2n) is 6.70. The molecular formula is C21H20N2O3S. The average molecular weight is 380 g/mol. The van der Waals surface area contributed by atoms with Crippen LogP contribution in [-0.4, -0.2) is 20.9 Å². The van der Waals surface area contributed by atoms with Crippen molar-refractivity contribution < 1.29 is 13.2 Å². The van der Waals surface area contributed by atoms with Gasteiger partial charge >= 0.3 is 0 Å². The lowest BCUT2D eigenvalue weighted by atomic mass is 10.0. The van der Waals surface area contributed by atoms with Crippen LogP contribution in [0.1, 0.15) is 18.9 Å². The van der Waals surface area contributed by atoms with Crippen LogP contribution in [0.2, 0.25) is 0 Å². The number of nitrogens with zero attached hydrogens (tertiary/aromatic N) is 1. The van der Waals surface area contributed by atoms with Crippen LogP contribution >= 0.6 is 0 Å². The summed E-state index contributed by atoms with van der Waals surface area (Å²) in [7, 11) is -3.73. The van der Waals surface area contributed by atoms with Crippen molar-refractivity contribution >= 4 is 38.1 Å². The number of anilines is 2.